The molecule has 0 aliphatic heterocycles. The van der Waals surface area contributed by atoms with Gasteiger partial charge in [0.2, 0.25) is 10.0 Å². The van der Waals surface area contributed by atoms with Crippen LogP contribution in [0.5, 0.6) is 5.75 Å². The number of sulfonamides is 1. The number of rotatable bonds is 6. The summed E-state index contributed by atoms with van der Waals surface area (Å²) in [4.78, 5) is 12.7. The van der Waals surface area contributed by atoms with Crippen molar-refractivity contribution in [3.63, 3.8) is 0 Å². The third kappa shape index (κ3) is 4.00. The molecule has 0 spiro atoms. The highest BCUT2D eigenvalue weighted by atomic mass is 32.2. The Labute approximate surface area is 144 Å². The van der Waals surface area contributed by atoms with E-state index in [1.54, 1.807) is 36.9 Å². The van der Waals surface area contributed by atoms with E-state index in [9.17, 15) is 12.8 Å². The van der Waals surface area contributed by atoms with Crippen LogP contribution in [0.2, 0.25) is 0 Å². The van der Waals surface area contributed by atoms with Gasteiger partial charge in [0, 0.05) is 35.8 Å². The molecule has 2 aromatic heterocycles. The van der Waals surface area contributed by atoms with Crippen molar-refractivity contribution >= 4 is 26.7 Å². The smallest absolute Gasteiger partial charge is 0.229 e. The van der Waals surface area contributed by atoms with Gasteiger partial charge in [-0.05, 0) is 12.1 Å². The number of benzene rings is 1. The molecule has 25 heavy (non-hydrogen) atoms. The third-order valence-electron chi connectivity index (χ3n) is 3.29. The average Bonchev–Trinajstić information content (AvgIpc) is 2.58. The van der Waals surface area contributed by atoms with Crippen LogP contribution >= 0.6 is 0 Å². The van der Waals surface area contributed by atoms with Gasteiger partial charge in [0.15, 0.2) is 0 Å². The van der Waals surface area contributed by atoms with Gasteiger partial charge in [-0.3, -0.25) is 19.7 Å². The molecule has 2 heterocycles. The second-order valence-electron chi connectivity index (χ2n) is 5.23. The Balaban J connectivity index is 2.13. The van der Waals surface area contributed by atoms with E-state index in [1.807, 2.05) is 0 Å². The van der Waals surface area contributed by atoms with Gasteiger partial charge in [0.1, 0.15) is 24.5 Å². The zero-order chi connectivity index (χ0) is 17.9. The number of nitrogens with one attached hydrogen (secondary N) is 1. The second kappa shape index (κ2) is 6.98. The molecule has 0 fully saturated rings. The Morgan fingerprint density at radius 1 is 1.16 bits per heavy atom. The van der Waals surface area contributed by atoms with Gasteiger partial charge in [0.25, 0.3) is 0 Å². The molecule has 0 saturated heterocycles. The maximum atomic E-state index is 12.6. The molecule has 1 N–H and O–H groups in total. The van der Waals surface area contributed by atoms with Crippen molar-refractivity contribution in [1.29, 1.82) is 0 Å². The summed E-state index contributed by atoms with van der Waals surface area (Å²) in [7, 11) is -3.44. The highest BCUT2D eigenvalue weighted by Crippen LogP contribution is 2.35. The number of alkyl halides is 1. The standard InChI is InChI=1S/C16H15FN4O3S/c1-25(22,23)21-11-2-3-12(15(8-11)24-7-4-17)13-9-18-10-14-16(13)20-6-5-19-14/h2-3,5-6,8-10,21H,4,7H2,1H3. The van der Waals surface area contributed by atoms with E-state index in [0.717, 1.165) is 6.26 Å². The first-order valence-corrected chi connectivity index (χ1v) is 9.23. The van der Waals surface area contributed by atoms with E-state index in [1.165, 1.54) is 6.07 Å². The van der Waals surface area contributed by atoms with Crippen LogP contribution in [0.3, 0.4) is 0 Å². The SMILES string of the molecule is CS(=O)(=O)Nc1ccc(-c2cncc3nccnc23)c(OCCF)c1. The minimum absolute atomic E-state index is 0.154. The number of hydrogen-bond acceptors (Lipinski definition) is 6. The van der Waals surface area contributed by atoms with Gasteiger partial charge in [-0.15, -0.1) is 0 Å². The number of anilines is 1. The fraction of sp³-hybridized carbons (Fsp3) is 0.188. The highest BCUT2D eigenvalue weighted by Gasteiger charge is 2.14. The van der Waals surface area contributed by atoms with E-state index in [0.29, 0.717) is 33.6 Å². The van der Waals surface area contributed by atoms with E-state index < -0.39 is 16.7 Å². The van der Waals surface area contributed by atoms with Crippen molar-refractivity contribution in [1.82, 2.24) is 15.0 Å². The molecule has 0 aliphatic carbocycles. The molecule has 7 nitrogen and oxygen atoms in total. The van der Waals surface area contributed by atoms with E-state index in [-0.39, 0.29) is 6.61 Å². The van der Waals surface area contributed by atoms with E-state index in [2.05, 4.69) is 19.7 Å². The van der Waals surface area contributed by atoms with E-state index >= 15 is 0 Å². The number of nitrogens with zero attached hydrogens (tertiary/aromatic N) is 3. The lowest BCUT2D eigenvalue weighted by atomic mass is 10.0. The van der Waals surface area contributed by atoms with E-state index in [4.69, 9.17) is 4.74 Å². The Kier molecular flexibility index (Phi) is 4.75. The monoisotopic (exact) mass is 362 g/mol. The van der Waals surface area contributed by atoms with Gasteiger partial charge in [0.05, 0.1) is 23.7 Å². The topological polar surface area (TPSA) is 94.1 Å². The van der Waals surface area contributed by atoms with Crippen LogP contribution in [0.25, 0.3) is 22.2 Å². The molecule has 0 unspecified atom stereocenters. The number of ether oxygens (including phenoxy) is 1. The molecule has 3 aromatic rings. The zero-order valence-corrected chi connectivity index (χ0v) is 14.1. The summed E-state index contributed by atoms with van der Waals surface area (Å²) < 4.78 is 43.2. The van der Waals surface area contributed by atoms with Gasteiger partial charge in [-0.25, -0.2) is 12.8 Å². The van der Waals surface area contributed by atoms with Crippen LogP contribution < -0.4 is 9.46 Å². The normalized spacial score (nSPS) is 11.4. The lowest BCUT2D eigenvalue weighted by molar-refractivity contribution is 0.274. The second-order valence-corrected chi connectivity index (χ2v) is 6.98. The van der Waals surface area contributed by atoms with Crippen LogP contribution in [0.1, 0.15) is 0 Å². The largest absolute Gasteiger partial charge is 0.490 e. The molecule has 0 bridgehead atoms. The van der Waals surface area contributed by atoms with Crippen molar-refractivity contribution in [2.45, 2.75) is 0 Å². The summed E-state index contributed by atoms with van der Waals surface area (Å²) in [6.07, 6.45) is 7.37. The maximum Gasteiger partial charge on any atom is 0.229 e. The lowest BCUT2D eigenvalue weighted by Gasteiger charge is -2.14. The Bertz CT molecular complexity index is 1010. The number of fused-ring (bicyclic) bond motifs is 1. The summed E-state index contributed by atoms with van der Waals surface area (Å²) >= 11 is 0. The average molecular weight is 362 g/mol. The molecule has 9 heteroatoms. The summed E-state index contributed by atoms with van der Waals surface area (Å²) in [5, 5.41) is 0. The molecular formula is C16H15FN4O3S. The molecule has 0 amide bonds. The Hall–Kier alpha value is -2.81. The summed E-state index contributed by atoms with van der Waals surface area (Å²) in [5.74, 6) is 0.325. The van der Waals surface area contributed by atoms with Gasteiger partial charge >= 0.3 is 0 Å². The van der Waals surface area contributed by atoms with Crippen LogP contribution in [-0.2, 0) is 10.0 Å². The molecule has 0 radical (unpaired) electrons. The molecular weight excluding hydrogens is 347 g/mol. The first-order chi connectivity index (χ1) is 12.0. The highest BCUT2D eigenvalue weighted by molar-refractivity contribution is 7.92. The predicted molar refractivity (Wildman–Crippen MR) is 92.7 cm³/mol. The molecule has 0 saturated carbocycles. The molecule has 3 rings (SSSR count). The first-order valence-electron chi connectivity index (χ1n) is 7.33. The van der Waals surface area contributed by atoms with Crippen molar-refractivity contribution in [2.24, 2.45) is 0 Å². The summed E-state index contributed by atoms with van der Waals surface area (Å²) in [6, 6.07) is 4.77. The maximum absolute atomic E-state index is 12.6. The molecule has 130 valence electrons. The van der Waals surface area contributed by atoms with Crippen molar-refractivity contribution in [3.8, 4) is 16.9 Å². The van der Waals surface area contributed by atoms with Crippen molar-refractivity contribution in [3.05, 3.63) is 43.0 Å². The van der Waals surface area contributed by atoms with Gasteiger partial charge in [-0.2, -0.15) is 0 Å². The van der Waals surface area contributed by atoms with Crippen LogP contribution in [-0.4, -0.2) is 42.9 Å². The molecule has 1 aromatic carbocycles. The predicted octanol–water partition coefficient (Wildman–Crippen LogP) is 2.41. The number of pyridine rings is 1. The zero-order valence-electron chi connectivity index (χ0n) is 13.3. The summed E-state index contributed by atoms with van der Waals surface area (Å²) in [5.41, 5.74) is 2.82. The van der Waals surface area contributed by atoms with Gasteiger partial charge in [-0.1, -0.05) is 0 Å². The fourth-order valence-corrected chi connectivity index (χ4v) is 2.94. The van der Waals surface area contributed by atoms with Crippen LogP contribution in [0.4, 0.5) is 10.1 Å². The van der Waals surface area contributed by atoms with Crippen molar-refractivity contribution < 1.29 is 17.5 Å². The fourth-order valence-electron chi connectivity index (χ4n) is 2.38. The van der Waals surface area contributed by atoms with Gasteiger partial charge < -0.3 is 4.74 Å². The molecule has 0 atom stereocenters. The summed E-state index contributed by atoms with van der Waals surface area (Å²) in [6.45, 7) is -0.823. The lowest BCUT2D eigenvalue weighted by Crippen LogP contribution is -2.10. The van der Waals surface area contributed by atoms with Crippen molar-refractivity contribution in [2.75, 3.05) is 24.3 Å². The Morgan fingerprint density at radius 3 is 2.72 bits per heavy atom. The molecule has 0 aliphatic rings. The number of halogens is 1. The first kappa shape index (κ1) is 17.0. The third-order valence-corrected chi connectivity index (χ3v) is 3.90. The Morgan fingerprint density at radius 2 is 1.96 bits per heavy atom. The van der Waals surface area contributed by atoms with Crippen LogP contribution in [0, 0.1) is 0 Å². The van der Waals surface area contributed by atoms with Crippen LogP contribution in [0.15, 0.2) is 43.0 Å². The number of hydrogen-bond donors (Lipinski definition) is 1. The quantitative estimate of drug-likeness (QED) is 0.724. The minimum atomic E-state index is -3.44. The minimum Gasteiger partial charge on any atom is -0.490 e. The number of aromatic nitrogens is 3.